The zero-order valence-corrected chi connectivity index (χ0v) is 17.6. The summed E-state index contributed by atoms with van der Waals surface area (Å²) < 4.78 is 0. The lowest BCUT2D eigenvalue weighted by Gasteiger charge is -2.16. The number of aliphatic hydroxyl groups excluding tert-OH is 1. The monoisotopic (exact) mass is 458 g/mol. The third kappa shape index (κ3) is 8.38. The molecular formula is C21H26N6O6. The summed E-state index contributed by atoms with van der Waals surface area (Å²) in [4.78, 5) is 40.2. The Labute approximate surface area is 189 Å². The number of rotatable bonds is 10. The van der Waals surface area contributed by atoms with E-state index in [1.807, 2.05) is 0 Å². The first-order chi connectivity index (χ1) is 15.7. The van der Waals surface area contributed by atoms with Gasteiger partial charge in [0.25, 0.3) is 0 Å². The fourth-order valence-corrected chi connectivity index (χ4v) is 2.69. The molecule has 0 fully saturated rings. The maximum absolute atomic E-state index is 12.2. The number of hydrogen-bond donors (Lipinski definition) is 8. The Morgan fingerprint density at radius 3 is 2.18 bits per heavy atom. The SMILES string of the molecule is NC(N)=Nc1ccc(CNC(=O)CNC(=O)C(CO)NC(=O)Cc2ccc(O)c(O)c2)cc1. The first-order valence-corrected chi connectivity index (χ1v) is 9.82. The van der Waals surface area contributed by atoms with Crippen LogP contribution in [-0.2, 0) is 27.3 Å². The molecule has 1 unspecified atom stereocenters. The summed E-state index contributed by atoms with van der Waals surface area (Å²) in [6.45, 7) is -0.832. The number of aliphatic hydroxyl groups is 1. The largest absolute Gasteiger partial charge is 0.504 e. The molecule has 0 heterocycles. The van der Waals surface area contributed by atoms with E-state index < -0.39 is 30.4 Å². The van der Waals surface area contributed by atoms with Gasteiger partial charge in [-0.1, -0.05) is 18.2 Å². The topological polar surface area (TPSA) is 212 Å². The van der Waals surface area contributed by atoms with Crippen LogP contribution in [0.3, 0.4) is 0 Å². The number of phenols is 2. The highest BCUT2D eigenvalue weighted by Crippen LogP contribution is 2.24. The number of nitrogens with one attached hydrogen (secondary N) is 3. The van der Waals surface area contributed by atoms with Crippen LogP contribution in [0.5, 0.6) is 11.5 Å². The molecule has 0 aliphatic rings. The molecule has 0 aromatic heterocycles. The van der Waals surface area contributed by atoms with Crippen LogP contribution in [0, 0.1) is 0 Å². The van der Waals surface area contributed by atoms with Crippen LogP contribution < -0.4 is 27.4 Å². The Bertz CT molecular complexity index is 1020. The van der Waals surface area contributed by atoms with Gasteiger partial charge in [0.05, 0.1) is 25.3 Å². The summed E-state index contributed by atoms with van der Waals surface area (Å²) in [5.74, 6) is -2.58. The molecule has 2 rings (SSSR count). The summed E-state index contributed by atoms with van der Waals surface area (Å²) >= 11 is 0. The van der Waals surface area contributed by atoms with Gasteiger partial charge in [0, 0.05) is 6.54 Å². The lowest BCUT2D eigenvalue weighted by Crippen LogP contribution is -2.51. The Hall–Kier alpha value is -4.32. The summed E-state index contributed by atoms with van der Waals surface area (Å²) in [6, 6.07) is 9.42. The molecule has 0 radical (unpaired) electrons. The molecule has 33 heavy (non-hydrogen) atoms. The zero-order valence-electron chi connectivity index (χ0n) is 17.6. The molecule has 0 saturated heterocycles. The Morgan fingerprint density at radius 2 is 1.58 bits per heavy atom. The second-order valence-electron chi connectivity index (χ2n) is 7.00. The molecule has 2 aromatic rings. The molecule has 12 heteroatoms. The molecule has 0 bridgehead atoms. The third-order valence-corrected chi connectivity index (χ3v) is 4.35. The lowest BCUT2D eigenvalue weighted by molar-refractivity contribution is -0.131. The van der Waals surface area contributed by atoms with Crippen molar-refractivity contribution in [3.63, 3.8) is 0 Å². The van der Waals surface area contributed by atoms with E-state index in [4.69, 9.17) is 11.5 Å². The van der Waals surface area contributed by atoms with Crippen molar-refractivity contribution in [2.45, 2.75) is 19.0 Å². The van der Waals surface area contributed by atoms with Crippen LogP contribution in [0.1, 0.15) is 11.1 Å². The van der Waals surface area contributed by atoms with Crippen molar-refractivity contribution in [1.82, 2.24) is 16.0 Å². The highest BCUT2D eigenvalue weighted by atomic mass is 16.3. The minimum atomic E-state index is -1.26. The van der Waals surface area contributed by atoms with Gasteiger partial charge in [0.1, 0.15) is 6.04 Å². The minimum absolute atomic E-state index is 0.0659. The van der Waals surface area contributed by atoms with E-state index in [1.54, 1.807) is 24.3 Å². The van der Waals surface area contributed by atoms with Gasteiger partial charge in [-0.25, -0.2) is 4.99 Å². The van der Waals surface area contributed by atoms with Crippen molar-refractivity contribution >= 4 is 29.4 Å². The molecule has 12 nitrogen and oxygen atoms in total. The molecule has 0 spiro atoms. The summed E-state index contributed by atoms with van der Waals surface area (Å²) in [5.41, 5.74) is 12.3. The van der Waals surface area contributed by atoms with Gasteiger partial charge >= 0.3 is 0 Å². The van der Waals surface area contributed by atoms with Gasteiger partial charge in [-0.15, -0.1) is 0 Å². The number of benzene rings is 2. The number of aromatic hydroxyl groups is 2. The van der Waals surface area contributed by atoms with Crippen molar-refractivity contribution in [2.75, 3.05) is 13.2 Å². The second-order valence-corrected chi connectivity index (χ2v) is 7.00. The third-order valence-electron chi connectivity index (χ3n) is 4.35. The highest BCUT2D eigenvalue weighted by Gasteiger charge is 2.20. The van der Waals surface area contributed by atoms with E-state index in [0.717, 1.165) is 5.56 Å². The van der Waals surface area contributed by atoms with Crippen molar-refractivity contribution in [2.24, 2.45) is 16.5 Å². The van der Waals surface area contributed by atoms with Crippen LogP contribution in [0.2, 0.25) is 0 Å². The van der Waals surface area contributed by atoms with Crippen LogP contribution in [0.15, 0.2) is 47.5 Å². The second kappa shape index (κ2) is 11.9. The molecule has 0 saturated carbocycles. The molecule has 0 aliphatic heterocycles. The Morgan fingerprint density at radius 1 is 0.909 bits per heavy atom. The van der Waals surface area contributed by atoms with E-state index in [1.165, 1.54) is 18.2 Å². The lowest BCUT2D eigenvalue weighted by atomic mass is 10.1. The number of nitrogens with zero attached hydrogens (tertiary/aromatic N) is 1. The first-order valence-electron chi connectivity index (χ1n) is 9.82. The normalized spacial score (nSPS) is 11.2. The van der Waals surface area contributed by atoms with Gasteiger partial charge < -0.3 is 42.7 Å². The Balaban J connectivity index is 1.77. The number of carbonyl (C=O) groups is 3. The van der Waals surface area contributed by atoms with Crippen LogP contribution in [-0.4, -0.2) is 58.2 Å². The van der Waals surface area contributed by atoms with Crippen molar-refractivity contribution in [1.29, 1.82) is 0 Å². The minimum Gasteiger partial charge on any atom is -0.504 e. The first kappa shape index (κ1) is 24.9. The van der Waals surface area contributed by atoms with Crippen LogP contribution in [0.25, 0.3) is 0 Å². The smallest absolute Gasteiger partial charge is 0.245 e. The number of nitrogens with two attached hydrogens (primary N) is 2. The molecular weight excluding hydrogens is 432 g/mol. The number of guanidine groups is 1. The van der Waals surface area contributed by atoms with Crippen molar-refractivity contribution in [3.05, 3.63) is 53.6 Å². The van der Waals surface area contributed by atoms with E-state index in [0.29, 0.717) is 11.3 Å². The molecule has 3 amide bonds. The average molecular weight is 458 g/mol. The number of aliphatic imine (C=N–C) groups is 1. The molecule has 10 N–H and O–H groups in total. The van der Waals surface area contributed by atoms with Crippen molar-refractivity contribution < 1.29 is 29.7 Å². The number of phenolic OH excluding ortho intramolecular Hbond substituents is 2. The van der Waals surface area contributed by atoms with Gasteiger partial charge in [0.2, 0.25) is 17.7 Å². The Kier molecular flexibility index (Phi) is 9.00. The summed E-state index contributed by atoms with van der Waals surface area (Å²) in [7, 11) is 0. The number of hydrogen-bond acceptors (Lipinski definition) is 7. The van der Waals surface area contributed by atoms with E-state index in [-0.39, 0.29) is 37.0 Å². The van der Waals surface area contributed by atoms with Crippen molar-refractivity contribution in [3.8, 4) is 11.5 Å². The highest BCUT2D eigenvalue weighted by molar-refractivity contribution is 5.91. The predicted octanol–water partition coefficient (Wildman–Crippen LogP) is -1.55. The quantitative estimate of drug-likeness (QED) is 0.118. The van der Waals surface area contributed by atoms with Crippen LogP contribution >= 0.6 is 0 Å². The summed E-state index contributed by atoms with van der Waals surface area (Å²) in [6.07, 6.45) is -0.194. The number of carbonyl (C=O) groups excluding carboxylic acids is 3. The molecule has 1 atom stereocenters. The van der Waals surface area contributed by atoms with Gasteiger partial charge in [0.15, 0.2) is 17.5 Å². The standard InChI is InChI=1S/C21H26N6O6/c22-21(23)26-14-4-1-12(2-5-14)9-24-19(32)10-25-20(33)15(11-28)27-18(31)8-13-3-6-16(29)17(30)7-13/h1-7,15,28-30H,8-11H2,(H,24,32)(H,25,33)(H,27,31)(H4,22,23,26). The average Bonchev–Trinajstić information content (AvgIpc) is 2.77. The van der Waals surface area contributed by atoms with Gasteiger partial charge in [-0.2, -0.15) is 0 Å². The predicted molar refractivity (Wildman–Crippen MR) is 119 cm³/mol. The molecule has 2 aromatic carbocycles. The van der Waals surface area contributed by atoms with E-state index >= 15 is 0 Å². The molecule has 176 valence electrons. The van der Waals surface area contributed by atoms with Gasteiger partial charge in [-0.3, -0.25) is 14.4 Å². The number of amides is 3. The maximum Gasteiger partial charge on any atom is 0.245 e. The fraction of sp³-hybridized carbons (Fsp3) is 0.238. The van der Waals surface area contributed by atoms with Gasteiger partial charge in [-0.05, 0) is 35.4 Å². The van der Waals surface area contributed by atoms with Crippen LogP contribution in [0.4, 0.5) is 5.69 Å². The zero-order chi connectivity index (χ0) is 24.4. The maximum atomic E-state index is 12.2. The molecule has 0 aliphatic carbocycles. The van der Waals surface area contributed by atoms with E-state index in [9.17, 15) is 29.7 Å². The summed E-state index contributed by atoms with van der Waals surface area (Å²) in [5, 5.41) is 35.5. The van der Waals surface area contributed by atoms with E-state index in [2.05, 4.69) is 20.9 Å². The fourth-order valence-electron chi connectivity index (χ4n) is 2.69.